The van der Waals surface area contributed by atoms with Crippen LogP contribution in [0.2, 0.25) is 0 Å². The fourth-order valence-corrected chi connectivity index (χ4v) is 2.94. The van der Waals surface area contributed by atoms with E-state index in [1.165, 1.54) is 5.69 Å². The molecule has 0 amide bonds. The molecule has 0 spiro atoms. The zero-order valence-electron chi connectivity index (χ0n) is 10.8. The Bertz CT molecular complexity index is 420. The third kappa shape index (κ3) is 3.25. The number of halogens is 1. The molecular weight excluding hydrogens is 292 g/mol. The molecule has 18 heavy (non-hydrogen) atoms. The number of rotatable bonds is 2. The fourth-order valence-electron chi connectivity index (χ4n) is 2.53. The van der Waals surface area contributed by atoms with Crippen molar-refractivity contribution in [2.24, 2.45) is 5.73 Å². The van der Waals surface area contributed by atoms with E-state index in [2.05, 4.69) is 39.0 Å². The SMILES string of the molecule is CC1(O)CCCN(c2ccc(Br)cc2CN)CC1. The minimum atomic E-state index is -0.521. The van der Waals surface area contributed by atoms with Gasteiger partial charge in [-0.15, -0.1) is 0 Å². The van der Waals surface area contributed by atoms with E-state index >= 15 is 0 Å². The highest BCUT2D eigenvalue weighted by Gasteiger charge is 2.25. The van der Waals surface area contributed by atoms with Crippen LogP contribution >= 0.6 is 15.9 Å². The van der Waals surface area contributed by atoms with Gasteiger partial charge in [0.2, 0.25) is 0 Å². The molecule has 1 aromatic carbocycles. The van der Waals surface area contributed by atoms with Crippen molar-refractivity contribution in [3.63, 3.8) is 0 Å². The molecule has 0 saturated carbocycles. The van der Waals surface area contributed by atoms with Crippen LogP contribution in [0.3, 0.4) is 0 Å². The van der Waals surface area contributed by atoms with E-state index < -0.39 is 5.60 Å². The highest BCUT2D eigenvalue weighted by molar-refractivity contribution is 9.10. The number of nitrogens with two attached hydrogens (primary N) is 1. The van der Waals surface area contributed by atoms with Crippen LogP contribution in [0.5, 0.6) is 0 Å². The lowest BCUT2D eigenvalue weighted by Crippen LogP contribution is -2.29. The van der Waals surface area contributed by atoms with Crippen molar-refractivity contribution in [1.82, 2.24) is 0 Å². The van der Waals surface area contributed by atoms with E-state index in [1.54, 1.807) is 0 Å². The largest absolute Gasteiger partial charge is 0.390 e. The Morgan fingerprint density at radius 1 is 1.39 bits per heavy atom. The Morgan fingerprint density at radius 2 is 2.17 bits per heavy atom. The van der Waals surface area contributed by atoms with Crippen molar-refractivity contribution < 1.29 is 5.11 Å². The molecular formula is C14H21BrN2O. The molecule has 1 saturated heterocycles. The molecule has 0 radical (unpaired) electrons. The number of hydrogen-bond donors (Lipinski definition) is 2. The van der Waals surface area contributed by atoms with Gasteiger partial charge in [-0.3, -0.25) is 0 Å². The highest BCUT2D eigenvalue weighted by atomic mass is 79.9. The summed E-state index contributed by atoms with van der Waals surface area (Å²) in [6.45, 7) is 4.36. The van der Waals surface area contributed by atoms with Crippen LogP contribution in [-0.4, -0.2) is 23.8 Å². The Balaban J connectivity index is 2.21. The first-order valence-corrected chi connectivity index (χ1v) is 7.27. The van der Waals surface area contributed by atoms with Crippen molar-refractivity contribution in [2.75, 3.05) is 18.0 Å². The predicted octanol–water partition coefficient (Wildman–Crippen LogP) is 2.65. The van der Waals surface area contributed by atoms with Crippen LogP contribution in [0, 0.1) is 0 Å². The van der Waals surface area contributed by atoms with Gasteiger partial charge in [-0.25, -0.2) is 0 Å². The summed E-state index contributed by atoms with van der Waals surface area (Å²) < 4.78 is 1.06. The summed E-state index contributed by atoms with van der Waals surface area (Å²) in [4.78, 5) is 2.34. The number of aliphatic hydroxyl groups is 1. The van der Waals surface area contributed by atoms with Crippen molar-refractivity contribution in [3.05, 3.63) is 28.2 Å². The highest BCUT2D eigenvalue weighted by Crippen LogP contribution is 2.29. The van der Waals surface area contributed by atoms with E-state index in [-0.39, 0.29) is 0 Å². The van der Waals surface area contributed by atoms with Crippen LogP contribution in [-0.2, 0) is 6.54 Å². The zero-order valence-corrected chi connectivity index (χ0v) is 12.4. The van der Waals surface area contributed by atoms with E-state index in [0.29, 0.717) is 6.54 Å². The van der Waals surface area contributed by atoms with Gasteiger partial charge in [0, 0.05) is 29.8 Å². The summed E-state index contributed by atoms with van der Waals surface area (Å²) in [5, 5.41) is 10.1. The molecule has 0 bridgehead atoms. The summed E-state index contributed by atoms with van der Waals surface area (Å²) >= 11 is 3.48. The third-order valence-corrected chi connectivity index (χ3v) is 4.16. The molecule has 1 fully saturated rings. The van der Waals surface area contributed by atoms with Gasteiger partial charge in [-0.2, -0.15) is 0 Å². The molecule has 4 heteroatoms. The van der Waals surface area contributed by atoms with E-state index in [9.17, 15) is 5.11 Å². The second kappa shape index (κ2) is 5.59. The summed E-state index contributed by atoms with van der Waals surface area (Å²) in [6.07, 6.45) is 2.71. The molecule has 2 rings (SSSR count). The van der Waals surface area contributed by atoms with Crippen molar-refractivity contribution in [1.29, 1.82) is 0 Å². The third-order valence-electron chi connectivity index (χ3n) is 3.67. The second-order valence-corrected chi connectivity index (χ2v) is 6.23. The normalized spacial score (nSPS) is 25.0. The number of anilines is 1. The first-order chi connectivity index (χ1) is 8.52. The first-order valence-electron chi connectivity index (χ1n) is 6.48. The van der Waals surface area contributed by atoms with Gasteiger partial charge >= 0.3 is 0 Å². The van der Waals surface area contributed by atoms with E-state index in [0.717, 1.165) is 42.4 Å². The average Bonchev–Trinajstić information content (AvgIpc) is 2.50. The van der Waals surface area contributed by atoms with Gasteiger partial charge < -0.3 is 15.7 Å². The molecule has 0 aliphatic carbocycles. The van der Waals surface area contributed by atoms with Crippen molar-refractivity contribution in [3.8, 4) is 0 Å². The summed E-state index contributed by atoms with van der Waals surface area (Å²) in [5.41, 5.74) is 7.67. The van der Waals surface area contributed by atoms with Gasteiger partial charge in [-0.05, 0) is 49.9 Å². The molecule has 1 aliphatic rings. The Kier molecular flexibility index (Phi) is 4.30. The Hall–Kier alpha value is -0.580. The average molecular weight is 313 g/mol. The topological polar surface area (TPSA) is 49.5 Å². The first kappa shape index (κ1) is 13.8. The molecule has 1 aliphatic heterocycles. The molecule has 3 N–H and O–H groups in total. The maximum atomic E-state index is 10.1. The molecule has 1 atom stereocenters. The van der Waals surface area contributed by atoms with Gasteiger partial charge in [0.15, 0.2) is 0 Å². The molecule has 1 aromatic rings. The second-order valence-electron chi connectivity index (χ2n) is 5.31. The quantitative estimate of drug-likeness (QED) is 0.882. The van der Waals surface area contributed by atoms with Crippen LogP contribution in [0.1, 0.15) is 31.7 Å². The zero-order chi connectivity index (χ0) is 13.2. The molecule has 1 unspecified atom stereocenters. The van der Waals surface area contributed by atoms with E-state index in [4.69, 9.17) is 5.73 Å². The molecule has 100 valence electrons. The lowest BCUT2D eigenvalue weighted by molar-refractivity contribution is 0.0481. The summed E-state index contributed by atoms with van der Waals surface area (Å²) in [7, 11) is 0. The maximum Gasteiger partial charge on any atom is 0.0637 e. The monoisotopic (exact) mass is 312 g/mol. The molecule has 1 heterocycles. The standard InChI is InChI=1S/C14H21BrN2O/c1-14(18)5-2-7-17(8-6-14)13-4-3-12(15)9-11(13)10-16/h3-4,9,18H,2,5-8,10,16H2,1H3. The smallest absolute Gasteiger partial charge is 0.0637 e. The lowest BCUT2D eigenvalue weighted by atomic mass is 9.98. The number of nitrogens with zero attached hydrogens (tertiary/aromatic N) is 1. The number of benzene rings is 1. The fraction of sp³-hybridized carbons (Fsp3) is 0.571. The van der Waals surface area contributed by atoms with Gasteiger partial charge in [0.25, 0.3) is 0 Å². The maximum absolute atomic E-state index is 10.1. The molecule has 3 nitrogen and oxygen atoms in total. The number of hydrogen-bond acceptors (Lipinski definition) is 3. The lowest BCUT2D eigenvalue weighted by Gasteiger charge is -2.26. The van der Waals surface area contributed by atoms with Gasteiger partial charge in [0.05, 0.1) is 5.60 Å². The van der Waals surface area contributed by atoms with Crippen molar-refractivity contribution in [2.45, 2.75) is 38.3 Å². The Morgan fingerprint density at radius 3 is 2.89 bits per heavy atom. The molecule has 0 aromatic heterocycles. The van der Waals surface area contributed by atoms with Gasteiger partial charge in [-0.1, -0.05) is 15.9 Å². The minimum Gasteiger partial charge on any atom is -0.390 e. The van der Waals surface area contributed by atoms with Crippen LogP contribution in [0.4, 0.5) is 5.69 Å². The van der Waals surface area contributed by atoms with Crippen LogP contribution in [0.25, 0.3) is 0 Å². The van der Waals surface area contributed by atoms with E-state index in [1.807, 2.05) is 6.92 Å². The summed E-state index contributed by atoms with van der Waals surface area (Å²) in [6, 6.07) is 6.25. The minimum absolute atomic E-state index is 0.521. The Labute approximate surface area is 117 Å². The van der Waals surface area contributed by atoms with Crippen LogP contribution in [0.15, 0.2) is 22.7 Å². The van der Waals surface area contributed by atoms with Gasteiger partial charge in [0.1, 0.15) is 0 Å². The van der Waals surface area contributed by atoms with Crippen molar-refractivity contribution >= 4 is 21.6 Å². The summed E-state index contributed by atoms with van der Waals surface area (Å²) in [5.74, 6) is 0. The predicted molar refractivity (Wildman–Crippen MR) is 78.7 cm³/mol. The van der Waals surface area contributed by atoms with Crippen LogP contribution < -0.4 is 10.6 Å².